The zero-order valence-corrected chi connectivity index (χ0v) is 23.3. The number of nitrogens with zero attached hydrogens (tertiary/aromatic N) is 2. The van der Waals surface area contributed by atoms with Gasteiger partial charge in [0.15, 0.2) is 16.9 Å². The van der Waals surface area contributed by atoms with Crippen molar-refractivity contribution in [2.75, 3.05) is 19.9 Å². The average molecular weight is 613 g/mol. The number of benzene rings is 3. The van der Waals surface area contributed by atoms with Gasteiger partial charge in [-0.25, -0.2) is 0 Å². The molecule has 0 radical (unpaired) electrons. The monoisotopic (exact) mass is 612 g/mol. The normalized spacial score (nSPS) is 12.3. The molecule has 0 spiro atoms. The average Bonchev–Trinajstić information content (AvgIpc) is 3.45. The van der Waals surface area contributed by atoms with Crippen molar-refractivity contribution in [3.05, 3.63) is 117 Å². The maximum Gasteiger partial charge on any atom is 0.416 e. The second-order valence-corrected chi connectivity index (χ2v) is 10.2. The molecule has 2 heterocycles. The number of hydrogen-bond donors (Lipinski definition) is 0. The summed E-state index contributed by atoms with van der Waals surface area (Å²) in [5, 5.41) is 0.582. The lowest BCUT2D eigenvalue weighted by Crippen LogP contribution is -2.43. The van der Waals surface area contributed by atoms with Gasteiger partial charge in [-0.2, -0.15) is 13.2 Å². The van der Waals surface area contributed by atoms with Crippen LogP contribution in [0.25, 0.3) is 11.0 Å². The van der Waals surface area contributed by atoms with E-state index in [1.54, 1.807) is 30.3 Å². The number of carbonyl (C=O) groups is 2. The van der Waals surface area contributed by atoms with E-state index in [9.17, 15) is 27.6 Å². The van der Waals surface area contributed by atoms with Crippen LogP contribution in [-0.4, -0.2) is 41.5 Å². The van der Waals surface area contributed by atoms with Crippen LogP contribution in [-0.2, 0) is 24.1 Å². The molecule has 222 valence electrons. The zero-order chi connectivity index (χ0) is 30.7. The summed E-state index contributed by atoms with van der Waals surface area (Å²) < 4.78 is 55.5. The van der Waals surface area contributed by atoms with Crippen molar-refractivity contribution >= 4 is 34.4 Å². The molecule has 0 saturated carbocycles. The lowest BCUT2D eigenvalue weighted by Gasteiger charge is -2.27. The fourth-order valence-corrected chi connectivity index (χ4v) is 4.75. The highest BCUT2D eigenvalue weighted by atomic mass is 35.5. The Hall–Kier alpha value is -4.77. The van der Waals surface area contributed by atoms with Crippen LogP contribution in [0.2, 0.25) is 5.02 Å². The van der Waals surface area contributed by atoms with Crippen molar-refractivity contribution in [2.45, 2.75) is 19.3 Å². The van der Waals surface area contributed by atoms with E-state index in [1.165, 1.54) is 23.3 Å². The highest BCUT2D eigenvalue weighted by molar-refractivity contribution is 6.31. The van der Waals surface area contributed by atoms with Crippen molar-refractivity contribution in [1.82, 2.24) is 9.80 Å². The third-order valence-electron chi connectivity index (χ3n) is 6.75. The number of amides is 2. The highest BCUT2D eigenvalue weighted by Gasteiger charge is 2.31. The van der Waals surface area contributed by atoms with Crippen LogP contribution < -0.4 is 14.9 Å². The van der Waals surface area contributed by atoms with Gasteiger partial charge in [0, 0.05) is 23.7 Å². The van der Waals surface area contributed by atoms with E-state index in [2.05, 4.69) is 6.58 Å². The Labute approximate surface area is 248 Å². The molecule has 8 nitrogen and oxygen atoms in total. The number of hydrogen-bond acceptors (Lipinski definition) is 6. The summed E-state index contributed by atoms with van der Waals surface area (Å²) in [7, 11) is 0. The summed E-state index contributed by atoms with van der Waals surface area (Å²) in [4.78, 5) is 42.9. The van der Waals surface area contributed by atoms with E-state index in [-0.39, 0.29) is 48.4 Å². The Morgan fingerprint density at radius 2 is 1.70 bits per heavy atom. The predicted molar refractivity (Wildman–Crippen MR) is 152 cm³/mol. The van der Waals surface area contributed by atoms with Crippen molar-refractivity contribution in [1.29, 1.82) is 0 Å². The zero-order valence-electron chi connectivity index (χ0n) is 22.5. The molecule has 0 atom stereocenters. The number of ether oxygens (including phenoxy) is 2. The van der Waals surface area contributed by atoms with Crippen LogP contribution >= 0.6 is 11.6 Å². The van der Waals surface area contributed by atoms with Crippen LogP contribution in [0.4, 0.5) is 13.2 Å². The quantitative estimate of drug-likeness (QED) is 0.214. The van der Waals surface area contributed by atoms with Crippen molar-refractivity contribution < 1.29 is 36.7 Å². The van der Waals surface area contributed by atoms with Gasteiger partial charge in [-0.3, -0.25) is 14.4 Å². The molecule has 43 heavy (non-hydrogen) atoms. The first-order valence-corrected chi connectivity index (χ1v) is 13.3. The summed E-state index contributed by atoms with van der Waals surface area (Å²) in [6.07, 6.45) is -1.89. The van der Waals surface area contributed by atoms with Crippen LogP contribution in [0.15, 0.2) is 88.8 Å². The Morgan fingerprint density at radius 3 is 2.42 bits per heavy atom. The van der Waals surface area contributed by atoms with E-state index in [0.29, 0.717) is 27.7 Å². The molecule has 0 bridgehead atoms. The minimum atomic E-state index is -4.56. The summed E-state index contributed by atoms with van der Waals surface area (Å²) in [6.45, 7) is 3.05. The molecule has 0 fully saturated rings. The number of carbonyl (C=O) groups excluding carboxylic acids is 2. The lowest BCUT2D eigenvalue weighted by molar-refractivity contribution is -0.137. The second kappa shape index (κ2) is 12.2. The molecule has 12 heteroatoms. The van der Waals surface area contributed by atoms with Gasteiger partial charge >= 0.3 is 6.18 Å². The molecule has 0 N–H and O–H groups in total. The second-order valence-electron chi connectivity index (χ2n) is 9.72. The van der Waals surface area contributed by atoms with Crippen molar-refractivity contribution in [3.63, 3.8) is 0 Å². The van der Waals surface area contributed by atoms with E-state index in [1.807, 2.05) is 0 Å². The molecule has 0 aliphatic carbocycles. The van der Waals surface area contributed by atoms with Gasteiger partial charge in [-0.05, 0) is 60.2 Å². The van der Waals surface area contributed by atoms with Gasteiger partial charge in [0.1, 0.15) is 12.1 Å². The van der Waals surface area contributed by atoms with E-state index >= 15 is 0 Å². The molecule has 3 aromatic carbocycles. The fourth-order valence-electron chi connectivity index (χ4n) is 4.57. The van der Waals surface area contributed by atoms with E-state index < -0.39 is 30.1 Å². The molecule has 1 aromatic heterocycles. The summed E-state index contributed by atoms with van der Waals surface area (Å²) in [5.74, 6) is -0.154. The Balaban J connectivity index is 1.43. The molecule has 4 aromatic rings. The van der Waals surface area contributed by atoms with E-state index in [0.717, 1.165) is 29.2 Å². The maximum atomic E-state index is 13.8. The minimum Gasteiger partial charge on any atom is -0.464 e. The van der Waals surface area contributed by atoms with Crippen LogP contribution in [0.5, 0.6) is 11.5 Å². The van der Waals surface area contributed by atoms with E-state index in [4.69, 9.17) is 25.5 Å². The van der Waals surface area contributed by atoms with Crippen molar-refractivity contribution in [3.8, 4) is 11.5 Å². The molecule has 0 unspecified atom stereocenters. The fraction of sp³-hybridized carbons (Fsp3) is 0.194. The Morgan fingerprint density at radius 1 is 0.953 bits per heavy atom. The van der Waals surface area contributed by atoms with Gasteiger partial charge in [0.05, 0.1) is 29.3 Å². The number of rotatable bonds is 9. The third-order valence-corrected chi connectivity index (χ3v) is 6.99. The smallest absolute Gasteiger partial charge is 0.416 e. The summed E-state index contributed by atoms with van der Waals surface area (Å²) in [6, 6.07) is 13.5. The third kappa shape index (κ3) is 6.67. The molecule has 1 aliphatic rings. The number of fused-ring (bicyclic) bond motifs is 2. The lowest BCUT2D eigenvalue weighted by atomic mass is 10.1. The predicted octanol–water partition coefficient (Wildman–Crippen LogP) is 6.05. The van der Waals surface area contributed by atoms with Gasteiger partial charge in [-0.15, -0.1) is 6.58 Å². The molecular weight excluding hydrogens is 589 g/mol. The topological polar surface area (TPSA) is 89.3 Å². The minimum absolute atomic E-state index is 0.0267. The first-order chi connectivity index (χ1) is 20.5. The number of halogens is 4. The van der Waals surface area contributed by atoms with Gasteiger partial charge in [0.25, 0.3) is 5.91 Å². The summed E-state index contributed by atoms with van der Waals surface area (Å²) in [5.41, 5.74) is -0.150. The van der Waals surface area contributed by atoms with Gasteiger partial charge < -0.3 is 23.7 Å². The Bertz CT molecular complexity index is 1750. The highest BCUT2D eigenvalue weighted by Crippen LogP contribution is 2.33. The van der Waals surface area contributed by atoms with Crippen LogP contribution in [0.1, 0.15) is 27.0 Å². The molecule has 2 amide bonds. The van der Waals surface area contributed by atoms with Crippen molar-refractivity contribution in [2.24, 2.45) is 0 Å². The van der Waals surface area contributed by atoms with Gasteiger partial charge in [-0.1, -0.05) is 23.7 Å². The standard InChI is InChI=1S/C31H24ClF3N2O6/c1-2-11-36(30(40)20-4-6-22(7-5-20)31(33,34)35)16-28(38)37(14-19-3-9-26-27(12-19)43-18-42-26)15-21-17-41-25-10-8-23(32)13-24(25)29(21)39/h2-10,12-13,17H,1,11,14-16,18H2. The SMILES string of the molecule is C=CCN(CC(=O)N(Cc1ccc2c(c1)OCO2)Cc1coc2ccc(Cl)cc2c1=O)C(=O)c1ccc(C(F)(F)F)cc1. The van der Waals surface area contributed by atoms with Gasteiger partial charge in [0.2, 0.25) is 12.7 Å². The van der Waals surface area contributed by atoms with Crippen LogP contribution in [0.3, 0.4) is 0 Å². The van der Waals surface area contributed by atoms with Crippen LogP contribution in [0, 0.1) is 0 Å². The summed E-state index contributed by atoms with van der Waals surface area (Å²) >= 11 is 6.08. The first-order valence-electron chi connectivity index (χ1n) is 13.0. The Kier molecular flexibility index (Phi) is 8.45. The molecular formula is C31H24ClF3N2O6. The molecule has 1 aliphatic heterocycles. The molecule has 5 rings (SSSR count). The maximum absolute atomic E-state index is 13.8. The largest absolute Gasteiger partial charge is 0.464 e. The first kappa shape index (κ1) is 29.7. The number of alkyl halides is 3. The molecule has 0 saturated heterocycles.